The monoisotopic (exact) mass is 99.1 g/mol. The Bertz CT molecular complexity index is 214. The molecule has 1 aromatic rings. The normalized spacial score (nSPS) is 11.1. The van der Waals surface area contributed by atoms with Gasteiger partial charge in [0.15, 0.2) is 0 Å². The predicted molar refractivity (Wildman–Crippen MR) is 26.0 cm³/mol. The van der Waals surface area contributed by atoms with E-state index in [0.717, 1.165) is 0 Å². The van der Waals surface area contributed by atoms with E-state index >= 15 is 0 Å². The van der Waals surface area contributed by atoms with Crippen molar-refractivity contribution in [1.82, 2.24) is 9.55 Å². The number of nitrogens with zero attached hydrogens (tertiary/aromatic N) is 1. The van der Waals surface area contributed by atoms with Gasteiger partial charge < -0.3 is 9.55 Å². The SMILES string of the molecule is [2H]Cn1cc[nH]c1=O. The number of aromatic nitrogens is 2. The van der Waals surface area contributed by atoms with E-state index in [1.165, 1.54) is 17.0 Å². The molecule has 0 aliphatic heterocycles. The van der Waals surface area contributed by atoms with Crippen molar-refractivity contribution < 1.29 is 1.37 Å². The molecule has 3 nitrogen and oxygen atoms in total. The molecule has 38 valence electrons. The summed E-state index contributed by atoms with van der Waals surface area (Å²) in [6, 6.07) is 0. The number of nitrogens with one attached hydrogen (secondary N) is 1. The van der Waals surface area contributed by atoms with Crippen molar-refractivity contribution in [2.75, 3.05) is 0 Å². The van der Waals surface area contributed by atoms with Crippen LogP contribution in [0.25, 0.3) is 0 Å². The molecule has 0 saturated heterocycles. The van der Waals surface area contributed by atoms with Gasteiger partial charge in [-0.3, -0.25) is 0 Å². The van der Waals surface area contributed by atoms with Crippen LogP contribution < -0.4 is 5.69 Å². The molecule has 0 saturated carbocycles. The van der Waals surface area contributed by atoms with Crippen LogP contribution in [0.1, 0.15) is 1.37 Å². The minimum Gasteiger partial charge on any atom is -0.313 e. The quantitative estimate of drug-likeness (QED) is 0.477. The Hall–Kier alpha value is -0.990. The fraction of sp³-hybridized carbons (Fsp3) is 0.250. The number of aryl methyl sites for hydroxylation is 1. The molecule has 0 radical (unpaired) electrons. The predicted octanol–water partition coefficient (Wildman–Crippen LogP) is -0.287. The Kier molecular flexibility index (Phi) is 0.551. The number of aromatic amines is 1. The third-order valence-electron chi connectivity index (χ3n) is 0.722. The van der Waals surface area contributed by atoms with E-state index in [9.17, 15) is 4.79 Å². The van der Waals surface area contributed by atoms with Crippen molar-refractivity contribution in [3.8, 4) is 0 Å². The van der Waals surface area contributed by atoms with Crippen LogP contribution in [0.4, 0.5) is 0 Å². The van der Waals surface area contributed by atoms with Crippen molar-refractivity contribution in [2.45, 2.75) is 0 Å². The maximum absolute atomic E-state index is 10.4. The Morgan fingerprint density at radius 1 is 2.14 bits per heavy atom. The molecule has 0 atom stereocenters. The highest BCUT2D eigenvalue weighted by Crippen LogP contribution is 1.64. The molecule has 0 aliphatic carbocycles. The molecule has 0 aromatic carbocycles. The number of hydrogen-bond donors (Lipinski definition) is 1. The van der Waals surface area contributed by atoms with E-state index in [4.69, 9.17) is 1.37 Å². The largest absolute Gasteiger partial charge is 0.325 e. The van der Waals surface area contributed by atoms with Crippen molar-refractivity contribution >= 4 is 0 Å². The third-order valence-corrected chi connectivity index (χ3v) is 0.722. The lowest BCUT2D eigenvalue weighted by atomic mass is 10.9. The van der Waals surface area contributed by atoms with Gasteiger partial charge in [0.1, 0.15) is 0 Å². The first-order valence-corrected chi connectivity index (χ1v) is 1.87. The Labute approximate surface area is 42.0 Å². The number of rotatable bonds is 0. The summed E-state index contributed by atoms with van der Waals surface area (Å²) in [6.45, 7) is 0. The van der Waals surface area contributed by atoms with Gasteiger partial charge >= 0.3 is 5.69 Å². The van der Waals surface area contributed by atoms with Crippen LogP contribution >= 0.6 is 0 Å². The second kappa shape index (κ2) is 1.26. The van der Waals surface area contributed by atoms with Crippen LogP contribution in [0.5, 0.6) is 0 Å². The Morgan fingerprint density at radius 3 is 3.29 bits per heavy atom. The van der Waals surface area contributed by atoms with Crippen molar-refractivity contribution in [2.24, 2.45) is 7.02 Å². The lowest BCUT2D eigenvalue weighted by Crippen LogP contribution is -2.10. The molecule has 1 aromatic heterocycles. The standard InChI is InChI=1S/C4H6N2O/c1-6-3-2-5-4(6)7/h2-3H,1H3,(H,5,7)/i1D. The average Bonchev–Trinajstić information content (AvgIpc) is 2.14. The van der Waals surface area contributed by atoms with Crippen LogP contribution in [-0.2, 0) is 7.02 Å². The van der Waals surface area contributed by atoms with Crippen molar-refractivity contribution in [1.29, 1.82) is 0 Å². The van der Waals surface area contributed by atoms with E-state index < -0.39 is 0 Å². The smallest absolute Gasteiger partial charge is 0.313 e. The van der Waals surface area contributed by atoms with E-state index in [-0.39, 0.29) is 12.7 Å². The zero-order valence-electron chi connectivity index (χ0n) is 4.72. The van der Waals surface area contributed by atoms with Crippen LogP contribution in [-0.4, -0.2) is 9.55 Å². The van der Waals surface area contributed by atoms with Gasteiger partial charge in [0.05, 0.1) is 0 Å². The minimum atomic E-state index is -0.222. The lowest BCUT2D eigenvalue weighted by Gasteiger charge is -1.76. The zero-order valence-corrected chi connectivity index (χ0v) is 3.72. The second-order valence-corrected chi connectivity index (χ2v) is 1.24. The molecule has 0 amide bonds. The lowest BCUT2D eigenvalue weighted by molar-refractivity contribution is 0.862. The minimum absolute atomic E-state index is 0.0116. The fourth-order valence-electron chi connectivity index (χ4n) is 0.349. The Balaban J connectivity index is 3.11. The first kappa shape index (κ1) is 3.07. The summed E-state index contributed by atoms with van der Waals surface area (Å²) < 4.78 is 8.01. The molecule has 0 bridgehead atoms. The zero-order chi connectivity index (χ0) is 5.98. The molecule has 3 heteroatoms. The van der Waals surface area contributed by atoms with Gasteiger partial charge in [-0.05, 0) is 0 Å². The van der Waals surface area contributed by atoms with E-state index in [0.29, 0.717) is 0 Å². The third kappa shape index (κ3) is 0.559. The molecule has 7 heavy (non-hydrogen) atoms. The number of hydrogen-bond acceptors (Lipinski definition) is 1. The average molecular weight is 99.1 g/mol. The van der Waals surface area contributed by atoms with Crippen molar-refractivity contribution in [3.05, 3.63) is 22.9 Å². The molecule has 1 rings (SSSR count). The molecular formula is C4H6N2O. The van der Waals surface area contributed by atoms with Gasteiger partial charge in [-0.25, -0.2) is 4.79 Å². The van der Waals surface area contributed by atoms with Crippen molar-refractivity contribution in [3.63, 3.8) is 0 Å². The van der Waals surface area contributed by atoms with Crippen LogP contribution in [0, 0.1) is 0 Å². The Morgan fingerprint density at radius 2 is 3.00 bits per heavy atom. The number of imidazole rings is 1. The first-order chi connectivity index (χ1) is 3.84. The highest BCUT2D eigenvalue weighted by atomic mass is 16.1. The summed E-state index contributed by atoms with van der Waals surface area (Å²) in [7, 11) is -0.0116. The van der Waals surface area contributed by atoms with Gasteiger partial charge in [-0.1, -0.05) is 0 Å². The van der Waals surface area contributed by atoms with Crippen LogP contribution in [0.15, 0.2) is 17.2 Å². The van der Waals surface area contributed by atoms with Crippen LogP contribution in [0.2, 0.25) is 0 Å². The number of H-pyrrole nitrogens is 1. The van der Waals surface area contributed by atoms with Gasteiger partial charge in [0, 0.05) is 20.8 Å². The molecule has 1 N–H and O–H groups in total. The molecule has 0 aliphatic rings. The molecule has 0 fully saturated rings. The van der Waals surface area contributed by atoms with Crippen LogP contribution in [0.3, 0.4) is 0 Å². The summed E-state index contributed by atoms with van der Waals surface area (Å²) in [5.41, 5.74) is -0.222. The summed E-state index contributed by atoms with van der Waals surface area (Å²) in [6.07, 6.45) is 3.05. The first-order valence-electron chi connectivity index (χ1n) is 2.58. The van der Waals surface area contributed by atoms with Gasteiger partial charge in [-0.2, -0.15) is 0 Å². The van der Waals surface area contributed by atoms with Gasteiger partial charge in [-0.15, -0.1) is 0 Å². The molecule has 0 spiro atoms. The molecular weight excluding hydrogens is 92.1 g/mol. The molecule has 0 unspecified atom stereocenters. The summed E-state index contributed by atoms with van der Waals surface area (Å²) in [4.78, 5) is 12.8. The van der Waals surface area contributed by atoms with E-state index in [1.54, 1.807) is 0 Å². The highest BCUT2D eigenvalue weighted by molar-refractivity contribution is 4.72. The van der Waals surface area contributed by atoms with Gasteiger partial charge in [0.2, 0.25) is 0 Å². The maximum atomic E-state index is 10.4. The summed E-state index contributed by atoms with van der Waals surface area (Å²) in [5, 5.41) is 0. The highest BCUT2D eigenvalue weighted by Gasteiger charge is 1.80. The van der Waals surface area contributed by atoms with E-state index in [2.05, 4.69) is 4.98 Å². The summed E-state index contributed by atoms with van der Waals surface area (Å²) in [5.74, 6) is 0. The molecule has 1 heterocycles. The summed E-state index contributed by atoms with van der Waals surface area (Å²) >= 11 is 0. The fourth-order valence-corrected chi connectivity index (χ4v) is 0.349. The second-order valence-electron chi connectivity index (χ2n) is 1.24. The maximum Gasteiger partial charge on any atom is 0.325 e. The van der Waals surface area contributed by atoms with E-state index in [1.807, 2.05) is 0 Å². The topological polar surface area (TPSA) is 37.8 Å². The van der Waals surface area contributed by atoms with Gasteiger partial charge in [0.25, 0.3) is 0 Å².